The van der Waals surface area contributed by atoms with Gasteiger partial charge in [0, 0.05) is 13.7 Å². The molecule has 1 atom stereocenters. The number of thioether (sulfide) groups is 1. The Kier molecular flexibility index (Phi) is 6.37. The van der Waals surface area contributed by atoms with Crippen LogP contribution >= 0.6 is 35.0 Å². The summed E-state index contributed by atoms with van der Waals surface area (Å²) in [4.78, 5) is 25.5. The van der Waals surface area contributed by atoms with Gasteiger partial charge in [0.25, 0.3) is 0 Å². The molecule has 120 valence electrons. The van der Waals surface area contributed by atoms with E-state index in [0.717, 1.165) is 5.56 Å². The van der Waals surface area contributed by atoms with Crippen LogP contribution in [0.4, 0.5) is 0 Å². The van der Waals surface area contributed by atoms with Crippen LogP contribution in [-0.4, -0.2) is 49.3 Å². The Morgan fingerprint density at radius 3 is 2.91 bits per heavy atom. The first-order valence-electron chi connectivity index (χ1n) is 6.64. The van der Waals surface area contributed by atoms with Crippen molar-refractivity contribution in [3.05, 3.63) is 33.8 Å². The normalized spacial score (nSPS) is 17.9. The zero-order valence-electron chi connectivity index (χ0n) is 12.0. The maximum Gasteiger partial charge on any atom is 0.239 e. The number of amides is 2. The smallest absolute Gasteiger partial charge is 0.239 e. The van der Waals surface area contributed by atoms with E-state index in [9.17, 15) is 9.59 Å². The van der Waals surface area contributed by atoms with Crippen molar-refractivity contribution in [1.82, 2.24) is 10.2 Å². The van der Waals surface area contributed by atoms with Crippen molar-refractivity contribution in [2.24, 2.45) is 0 Å². The van der Waals surface area contributed by atoms with Crippen molar-refractivity contribution in [1.29, 1.82) is 0 Å². The molecule has 1 heterocycles. The number of hydrogen-bond acceptors (Lipinski definition) is 4. The van der Waals surface area contributed by atoms with Gasteiger partial charge in [-0.05, 0) is 17.7 Å². The highest BCUT2D eigenvalue weighted by Gasteiger charge is 2.34. The predicted octanol–water partition coefficient (Wildman–Crippen LogP) is 2.33. The number of ether oxygens (including phenoxy) is 1. The number of rotatable bonds is 6. The van der Waals surface area contributed by atoms with Gasteiger partial charge < -0.3 is 15.0 Å². The number of nitrogens with one attached hydrogen (secondary N) is 1. The topological polar surface area (TPSA) is 58.6 Å². The first-order chi connectivity index (χ1) is 10.5. The minimum atomic E-state index is -0.226. The molecular weight excluding hydrogens is 347 g/mol. The standard InChI is InChI=1S/C14H16Cl2N2O3S/c1-21-5-4-17-12(19)7-18-13(20)8-22-14(18)9-2-3-10(15)11(16)6-9/h2-3,6,14H,4-5,7-8H2,1H3,(H,17,19). The molecule has 0 bridgehead atoms. The van der Waals surface area contributed by atoms with E-state index in [1.165, 1.54) is 11.8 Å². The fourth-order valence-electron chi connectivity index (χ4n) is 2.07. The molecule has 1 unspecified atom stereocenters. The Labute approximate surface area is 143 Å². The fourth-order valence-corrected chi connectivity index (χ4v) is 3.55. The number of carbonyl (C=O) groups excluding carboxylic acids is 2. The number of benzene rings is 1. The van der Waals surface area contributed by atoms with E-state index >= 15 is 0 Å². The molecule has 1 aromatic carbocycles. The molecule has 2 rings (SSSR count). The molecule has 2 amide bonds. The monoisotopic (exact) mass is 362 g/mol. The van der Waals surface area contributed by atoms with Gasteiger partial charge in [-0.3, -0.25) is 9.59 Å². The van der Waals surface area contributed by atoms with Crippen LogP contribution in [0.15, 0.2) is 18.2 Å². The number of halogens is 2. The third-order valence-corrected chi connectivity index (χ3v) is 5.13. The Morgan fingerprint density at radius 2 is 2.23 bits per heavy atom. The van der Waals surface area contributed by atoms with Crippen molar-refractivity contribution in [2.75, 3.05) is 32.6 Å². The fraction of sp³-hybridized carbons (Fsp3) is 0.429. The summed E-state index contributed by atoms with van der Waals surface area (Å²) in [5.74, 6) is 0.0666. The van der Waals surface area contributed by atoms with Gasteiger partial charge in [-0.2, -0.15) is 0 Å². The number of methoxy groups -OCH3 is 1. The Balaban J connectivity index is 2.05. The van der Waals surface area contributed by atoms with Gasteiger partial charge in [-0.15, -0.1) is 11.8 Å². The number of nitrogens with zero attached hydrogens (tertiary/aromatic N) is 1. The van der Waals surface area contributed by atoms with Crippen LogP contribution in [0.5, 0.6) is 0 Å². The van der Waals surface area contributed by atoms with E-state index in [2.05, 4.69) is 5.32 Å². The highest BCUT2D eigenvalue weighted by Crippen LogP contribution is 2.40. The minimum Gasteiger partial charge on any atom is -0.383 e. The molecular formula is C14H16Cl2N2O3S. The summed E-state index contributed by atoms with van der Waals surface area (Å²) in [6, 6.07) is 5.25. The Bertz CT molecular complexity index is 571. The second-order valence-corrected chi connectivity index (χ2v) is 6.58. The van der Waals surface area contributed by atoms with Crippen LogP contribution in [0.1, 0.15) is 10.9 Å². The first kappa shape index (κ1) is 17.4. The highest BCUT2D eigenvalue weighted by atomic mass is 35.5. The van der Waals surface area contributed by atoms with Gasteiger partial charge in [0.1, 0.15) is 11.9 Å². The molecule has 1 aliphatic heterocycles. The predicted molar refractivity (Wildman–Crippen MR) is 88.3 cm³/mol. The summed E-state index contributed by atoms with van der Waals surface area (Å²) in [5, 5.41) is 3.38. The second-order valence-electron chi connectivity index (χ2n) is 4.70. The van der Waals surface area contributed by atoms with Crippen LogP contribution in [0.25, 0.3) is 0 Å². The Morgan fingerprint density at radius 1 is 1.45 bits per heavy atom. The van der Waals surface area contributed by atoms with Crippen LogP contribution < -0.4 is 5.32 Å². The molecule has 1 aliphatic rings. The molecule has 22 heavy (non-hydrogen) atoms. The maximum atomic E-state index is 12.0. The quantitative estimate of drug-likeness (QED) is 0.789. The molecule has 0 radical (unpaired) electrons. The average Bonchev–Trinajstić information content (AvgIpc) is 2.84. The SMILES string of the molecule is COCCNC(=O)CN1C(=O)CSC1c1ccc(Cl)c(Cl)c1. The molecule has 1 N–H and O–H groups in total. The molecule has 0 aliphatic carbocycles. The molecule has 0 spiro atoms. The molecule has 5 nitrogen and oxygen atoms in total. The average molecular weight is 363 g/mol. The van der Waals surface area contributed by atoms with Crippen molar-refractivity contribution < 1.29 is 14.3 Å². The van der Waals surface area contributed by atoms with Gasteiger partial charge >= 0.3 is 0 Å². The number of carbonyl (C=O) groups is 2. The van der Waals surface area contributed by atoms with Crippen molar-refractivity contribution in [3.63, 3.8) is 0 Å². The van der Waals surface area contributed by atoms with Crippen molar-refractivity contribution in [2.45, 2.75) is 5.37 Å². The minimum absolute atomic E-state index is 0.0143. The van der Waals surface area contributed by atoms with E-state index in [1.807, 2.05) is 6.07 Å². The summed E-state index contributed by atoms with van der Waals surface area (Å²) < 4.78 is 4.87. The highest BCUT2D eigenvalue weighted by molar-refractivity contribution is 8.00. The van der Waals surface area contributed by atoms with Crippen LogP contribution in [-0.2, 0) is 14.3 Å². The first-order valence-corrected chi connectivity index (χ1v) is 8.45. The molecule has 1 fully saturated rings. The van der Waals surface area contributed by atoms with Crippen LogP contribution in [0, 0.1) is 0 Å². The van der Waals surface area contributed by atoms with Gasteiger partial charge in [-0.1, -0.05) is 29.3 Å². The summed E-state index contributed by atoms with van der Waals surface area (Å²) in [5.41, 5.74) is 0.856. The lowest BCUT2D eigenvalue weighted by atomic mass is 10.2. The zero-order valence-corrected chi connectivity index (χ0v) is 14.3. The largest absolute Gasteiger partial charge is 0.383 e. The van der Waals surface area contributed by atoms with Gasteiger partial charge in [-0.25, -0.2) is 0 Å². The lowest BCUT2D eigenvalue weighted by Crippen LogP contribution is -2.40. The molecule has 8 heteroatoms. The summed E-state index contributed by atoms with van der Waals surface area (Å²) >= 11 is 13.4. The molecule has 1 aromatic rings. The molecule has 0 saturated carbocycles. The Hall–Kier alpha value is -0.950. The van der Waals surface area contributed by atoms with Gasteiger partial charge in [0.15, 0.2) is 0 Å². The third-order valence-electron chi connectivity index (χ3n) is 3.14. The lowest BCUT2D eigenvalue weighted by Gasteiger charge is -2.24. The molecule has 0 aromatic heterocycles. The van der Waals surface area contributed by atoms with E-state index in [-0.39, 0.29) is 23.7 Å². The third kappa shape index (κ3) is 4.29. The van der Waals surface area contributed by atoms with E-state index in [0.29, 0.717) is 28.9 Å². The van der Waals surface area contributed by atoms with E-state index in [1.54, 1.807) is 24.1 Å². The van der Waals surface area contributed by atoms with Crippen LogP contribution in [0.2, 0.25) is 10.0 Å². The van der Waals surface area contributed by atoms with Crippen molar-refractivity contribution in [3.8, 4) is 0 Å². The van der Waals surface area contributed by atoms with Gasteiger partial charge in [0.05, 0.1) is 22.4 Å². The van der Waals surface area contributed by atoms with Crippen LogP contribution in [0.3, 0.4) is 0 Å². The lowest BCUT2D eigenvalue weighted by molar-refractivity contribution is -0.133. The van der Waals surface area contributed by atoms with E-state index < -0.39 is 0 Å². The maximum absolute atomic E-state index is 12.0. The summed E-state index contributed by atoms with van der Waals surface area (Å²) in [6.45, 7) is 0.868. The van der Waals surface area contributed by atoms with Crippen molar-refractivity contribution >= 4 is 46.8 Å². The number of hydrogen-bond donors (Lipinski definition) is 1. The summed E-state index contributed by atoms with van der Waals surface area (Å²) in [7, 11) is 1.56. The zero-order chi connectivity index (χ0) is 16.1. The summed E-state index contributed by atoms with van der Waals surface area (Å²) in [6.07, 6.45) is 0. The van der Waals surface area contributed by atoms with Gasteiger partial charge in [0.2, 0.25) is 11.8 Å². The second kappa shape index (κ2) is 8.06. The van der Waals surface area contributed by atoms with E-state index in [4.69, 9.17) is 27.9 Å². The molecule has 1 saturated heterocycles.